The lowest BCUT2D eigenvalue weighted by Crippen LogP contribution is -2.24. The van der Waals surface area contributed by atoms with Crippen molar-refractivity contribution >= 4 is 5.70 Å². The summed E-state index contributed by atoms with van der Waals surface area (Å²) in [5.74, 6) is -0.304. The minimum atomic E-state index is -0.380. The van der Waals surface area contributed by atoms with Gasteiger partial charge in [-0.3, -0.25) is 5.21 Å². The van der Waals surface area contributed by atoms with Crippen LogP contribution in [0.5, 0.6) is 0 Å². The molecule has 15 heavy (non-hydrogen) atoms. The van der Waals surface area contributed by atoms with Gasteiger partial charge in [0.05, 0.1) is 6.20 Å². The van der Waals surface area contributed by atoms with E-state index in [1.54, 1.807) is 19.1 Å². The molecule has 5 heteroatoms. The molecule has 0 aliphatic carbocycles. The number of hydrogen-bond acceptors (Lipinski definition) is 4. The molecule has 0 saturated heterocycles. The number of halogens is 1. The van der Waals surface area contributed by atoms with E-state index in [4.69, 9.17) is 0 Å². The van der Waals surface area contributed by atoms with Crippen LogP contribution in [-0.4, -0.2) is 16.4 Å². The third-order valence-corrected chi connectivity index (χ3v) is 2.11. The van der Waals surface area contributed by atoms with Crippen LogP contribution in [0.15, 0.2) is 40.7 Å². The SMILES string of the molecule is C[C@H]1N=NC(c2ccc(F)cc2)=CN1O. The Morgan fingerprint density at radius 2 is 2.00 bits per heavy atom. The summed E-state index contributed by atoms with van der Waals surface area (Å²) in [5.41, 5.74) is 1.22. The van der Waals surface area contributed by atoms with Crippen molar-refractivity contribution in [2.75, 3.05) is 0 Å². The number of rotatable bonds is 1. The molecule has 0 amide bonds. The molecule has 2 rings (SSSR count). The fourth-order valence-electron chi connectivity index (χ4n) is 1.21. The molecule has 1 aliphatic rings. The Balaban J connectivity index is 2.29. The number of hydroxylamine groups is 2. The van der Waals surface area contributed by atoms with Gasteiger partial charge in [-0.1, -0.05) is 0 Å². The Bertz CT molecular complexity index is 413. The molecule has 4 nitrogen and oxygen atoms in total. The van der Waals surface area contributed by atoms with E-state index in [-0.39, 0.29) is 12.0 Å². The molecule has 0 bridgehead atoms. The first-order valence-electron chi connectivity index (χ1n) is 4.52. The summed E-state index contributed by atoms with van der Waals surface area (Å²) < 4.78 is 12.7. The molecular weight excluding hydrogens is 197 g/mol. The van der Waals surface area contributed by atoms with Gasteiger partial charge in [-0.15, -0.1) is 0 Å². The van der Waals surface area contributed by atoms with Crippen molar-refractivity contribution in [2.24, 2.45) is 10.2 Å². The smallest absolute Gasteiger partial charge is 0.163 e. The predicted octanol–water partition coefficient (Wildman–Crippen LogP) is 2.63. The van der Waals surface area contributed by atoms with Gasteiger partial charge < -0.3 is 0 Å². The molecular formula is C10H10FN3O. The Hall–Kier alpha value is -1.75. The van der Waals surface area contributed by atoms with Crippen LogP contribution >= 0.6 is 0 Å². The second-order valence-corrected chi connectivity index (χ2v) is 3.25. The minimum Gasteiger partial charge on any atom is -0.287 e. The van der Waals surface area contributed by atoms with Gasteiger partial charge in [0.1, 0.15) is 11.5 Å². The molecule has 1 N–H and O–H groups in total. The predicted molar refractivity (Wildman–Crippen MR) is 52.3 cm³/mol. The molecule has 0 aromatic heterocycles. The highest BCUT2D eigenvalue weighted by molar-refractivity contribution is 5.63. The second kappa shape index (κ2) is 3.78. The molecule has 1 aromatic carbocycles. The van der Waals surface area contributed by atoms with Gasteiger partial charge in [0.15, 0.2) is 6.17 Å². The van der Waals surface area contributed by atoms with E-state index in [2.05, 4.69) is 10.2 Å². The van der Waals surface area contributed by atoms with Crippen LogP contribution in [0, 0.1) is 5.82 Å². The summed E-state index contributed by atoms with van der Waals surface area (Å²) in [6.07, 6.45) is 1.08. The van der Waals surface area contributed by atoms with E-state index in [0.29, 0.717) is 11.3 Å². The standard InChI is InChI=1S/C10H10FN3O/c1-7-12-13-10(6-14(7)15)8-2-4-9(11)5-3-8/h2-7,15H,1H3/t7-/m0/s1. The molecule has 1 aromatic rings. The summed E-state index contributed by atoms with van der Waals surface area (Å²) in [4.78, 5) is 0. The van der Waals surface area contributed by atoms with Crippen molar-refractivity contribution in [1.29, 1.82) is 0 Å². The van der Waals surface area contributed by atoms with Gasteiger partial charge in [0.2, 0.25) is 0 Å². The van der Waals surface area contributed by atoms with Crippen molar-refractivity contribution in [3.8, 4) is 0 Å². The van der Waals surface area contributed by atoms with E-state index in [9.17, 15) is 9.60 Å². The number of benzene rings is 1. The fraction of sp³-hybridized carbons (Fsp3) is 0.200. The van der Waals surface area contributed by atoms with Crippen molar-refractivity contribution < 1.29 is 9.60 Å². The molecule has 0 saturated carbocycles. The van der Waals surface area contributed by atoms with Gasteiger partial charge in [-0.2, -0.15) is 10.2 Å². The average molecular weight is 207 g/mol. The summed E-state index contributed by atoms with van der Waals surface area (Å²) in [7, 11) is 0. The molecule has 1 heterocycles. The van der Waals surface area contributed by atoms with E-state index >= 15 is 0 Å². The first kappa shape index (κ1) is 9.79. The highest BCUT2D eigenvalue weighted by atomic mass is 19.1. The van der Waals surface area contributed by atoms with Crippen molar-refractivity contribution in [3.05, 3.63) is 41.8 Å². The maximum Gasteiger partial charge on any atom is 0.163 e. The normalized spacial score (nSPS) is 20.3. The van der Waals surface area contributed by atoms with Crippen LogP contribution in [0.25, 0.3) is 5.70 Å². The lowest BCUT2D eigenvalue weighted by atomic mass is 10.1. The van der Waals surface area contributed by atoms with Crippen molar-refractivity contribution in [3.63, 3.8) is 0 Å². The van der Waals surface area contributed by atoms with Crippen LogP contribution in [0.2, 0.25) is 0 Å². The van der Waals surface area contributed by atoms with Crippen LogP contribution in [0.4, 0.5) is 4.39 Å². The molecule has 0 radical (unpaired) electrons. The maximum atomic E-state index is 12.7. The van der Waals surface area contributed by atoms with Crippen molar-refractivity contribution in [1.82, 2.24) is 5.06 Å². The monoisotopic (exact) mass is 207 g/mol. The quantitative estimate of drug-likeness (QED) is 0.769. The van der Waals surface area contributed by atoms with Crippen LogP contribution in [0.1, 0.15) is 12.5 Å². The Morgan fingerprint density at radius 3 is 2.60 bits per heavy atom. The van der Waals surface area contributed by atoms with Gasteiger partial charge in [0.25, 0.3) is 0 Å². The van der Waals surface area contributed by atoms with Gasteiger partial charge >= 0.3 is 0 Å². The number of azo groups is 1. The van der Waals surface area contributed by atoms with E-state index < -0.39 is 0 Å². The zero-order valence-electron chi connectivity index (χ0n) is 8.13. The fourth-order valence-corrected chi connectivity index (χ4v) is 1.21. The summed E-state index contributed by atoms with van der Waals surface area (Å²) in [6, 6.07) is 5.85. The highest BCUT2D eigenvalue weighted by Gasteiger charge is 2.13. The highest BCUT2D eigenvalue weighted by Crippen LogP contribution is 2.22. The van der Waals surface area contributed by atoms with Gasteiger partial charge in [0, 0.05) is 5.56 Å². The maximum absolute atomic E-state index is 12.7. The average Bonchev–Trinajstić information content (AvgIpc) is 2.23. The largest absolute Gasteiger partial charge is 0.287 e. The van der Waals surface area contributed by atoms with E-state index in [1.165, 1.54) is 18.3 Å². The molecule has 78 valence electrons. The molecule has 1 aliphatic heterocycles. The Morgan fingerprint density at radius 1 is 1.33 bits per heavy atom. The van der Waals surface area contributed by atoms with Crippen LogP contribution in [0.3, 0.4) is 0 Å². The molecule has 0 spiro atoms. The third kappa shape index (κ3) is 2.02. The van der Waals surface area contributed by atoms with Gasteiger partial charge in [-0.25, -0.2) is 9.45 Å². The molecule has 1 atom stereocenters. The van der Waals surface area contributed by atoms with Gasteiger partial charge in [-0.05, 0) is 31.2 Å². The first-order valence-corrected chi connectivity index (χ1v) is 4.52. The lowest BCUT2D eigenvalue weighted by Gasteiger charge is -2.20. The second-order valence-electron chi connectivity index (χ2n) is 3.25. The minimum absolute atomic E-state index is 0.304. The van der Waals surface area contributed by atoms with E-state index in [1.807, 2.05) is 0 Å². The topological polar surface area (TPSA) is 48.2 Å². The summed E-state index contributed by atoms with van der Waals surface area (Å²) in [6.45, 7) is 1.71. The molecule has 0 unspecified atom stereocenters. The van der Waals surface area contributed by atoms with Crippen LogP contribution < -0.4 is 0 Å². The number of hydrogen-bond donors (Lipinski definition) is 1. The zero-order chi connectivity index (χ0) is 10.8. The Labute approximate surface area is 86.3 Å². The van der Waals surface area contributed by atoms with E-state index in [0.717, 1.165) is 5.06 Å². The third-order valence-electron chi connectivity index (χ3n) is 2.11. The van der Waals surface area contributed by atoms with Crippen molar-refractivity contribution in [2.45, 2.75) is 13.1 Å². The zero-order valence-corrected chi connectivity index (χ0v) is 8.13. The summed E-state index contributed by atoms with van der Waals surface area (Å²) >= 11 is 0. The number of nitrogens with zero attached hydrogens (tertiary/aromatic N) is 3. The van der Waals surface area contributed by atoms with Crippen LogP contribution in [-0.2, 0) is 0 Å². The first-order chi connectivity index (χ1) is 7.16. The molecule has 0 fully saturated rings. The lowest BCUT2D eigenvalue weighted by molar-refractivity contribution is -0.0745. The summed E-state index contributed by atoms with van der Waals surface area (Å²) in [5, 5.41) is 18.1. The Kier molecular flexibility index (Phi) is 2.47.